The summed E-state index contributed by atoms with van der Waals surface area (Å²) < 4.78 is 0. The van der Waals surface area contributed by atoms with Crippen molar-refractivity contribution in [2.24, 2.45) is 0 Å². The van der Waals surface area contributed by atoms with E-state index in [1.54, 1.807) is 0 Å². The number of hydrogen-bond donors (Lipinski definition) is 3. The Bertz CT molecular complexity index is 584. The summed E-state index contributed by atoms with van der Waals surface area (Å²) in [6, 6.07) is 8.09. The van der Waals surface area contributed by atoms with Crippen LogP contribution < -0.4 is 5.32 Å². The molecule has 1 amide bonds. The highest BCUT2D eigenvalue weighted by molar-refractivity contribution is 5.85. The molecule has 0 spiro atoms. The molecule has 4 heteroatoms. The first-order valence-electron chi connectivity index (χ1n) is 5.96. The Balaban J connectivity index is 2.45. The average Bonchev–Trinajstić information content (AvgIpc) is 2.63. The fraction of sp³-hybridized carbons (Fsp3) is 0.357. The minimum Gasteiger partial charge on any atom is -0.465 e. The van der Waals surface area contributed by atoms with E-state index in [-0.39, 0.29) is 5.41 Å². The highest BCUT2D eigenvalue weighted by atomic mass is 16.4. The minimum atomic E-state index is -0.986. The topological polar surface area (TPSA) is 65.1 Å². The number of hydrogen-bond acceptors (Lipinski definition) is 1. The Morgan fingerprint density at radius 3 is 2.72 bits per heavy atom. The maximum Gasteiger partial charge on any atom is 0.404 e. The van der Waals surface area contributed by atoms with Crippen LogP contribution in [-0.2, 0) is 5.41 Å². The van der Waals surface area contributed by atoms with Crippen molar-refractivity contribution in [2.75, 3.05) is 6.54 Å². The summed E-state index contributed by atoms with van der Waals surface area (Å²) in [6.45, 7) is 6.51. The number of carboxylic acid groups (broad SMARTS) is 1. The normalized spacial score (nSPS) is 11.7. The smallest absolute Gasteiger partial charge is 0.404 e. The molecule has 1 heterocycles. The van der Waals surface area contributed by atoms with Crippen molar-refractivity contribution >= 4 is 17.0 Å². The van der Waals surface area contributed by atoms with Crippen LogP contribution in [0, 0.1) is 6.92 Å². The van der Waals surface area contributed by atoms with Crippen molar-refractivity contribution in [2.45, 2.75) is 26.2 Å². The number of aromatic amines is 1. The number of nitrogens with one attached hydrogen (secondary N) is 2. The predicted molar refractivity (Wildman–Crippen MR) is 72.1 cm³/mol. The molecule has 0 unspecified atom stereocenters. The lowest BCUT2D eigenvalue weighted by atomic mass is 9.82. The van der Waals surface area contributed by atoms with Gasteiger partial charge in [-0.2, -0.15) is 0 Å². The fourth-order valence-corrected chi connectivity index (χ4v) is 2.53. The first kappa shape index (κ1) is 12.5. The van der Waals surface area contributed by atoms with E-state index < -0.39 is 6.09 Å². The van der Waals surface area contributed by atoms with E-state index in [4.69, 9.17) is 5.11 Å². The highest BCUT2D eigenvalue weighted by Crippen LogP contribution is 2.32. The van der Waals surface area contributed by atoms with Gasteiger partial charge >= 0.3 is 6.09 Å². The van der Waals surface area contributed by atoms with Crippen LogP contribution in [0.4, 0.5) is 4.79 Å². The Labute approximate surface area is 106 Å². The van der Waals surface area contributed by atoms with E-state index in [1.165, 1.54) is 5.56 Å². The standard InChI is InChI=1S/C14H18N2O2/c1-9-12(14(2,3)8-15-13(17)18)10-6-4-5-7-11(10)16-9/h4-7,15-16H,8H2,1-3H3,(H,17,18). The van der Waals surface area contributed by atoms with Crippen molar-refractivity contribution in [3.05, 3.63) is 35.5 Å². The van der Waals surface area contributed by atoms with Gasteiger partial charge in [-0.25, -0.2) is 4.79 Å². The lowest BCUT2D eigenvalue weighted by molar-refractivity contribution is 0.192. The zero-order chi connectivity index (χ0) is 13.3. The summed E-state index contributed by atoms with van der Waals surface area (Å²) in [4.78, 5) is 14.0. The molecule has 0 saturated carbocycles. The number of para-hydroxylation sites is 1. The third kappa shape index (κ3) is 2.18. The molecular formula is C14H18N2O2. The van der Waals surface area contributed by atoms with Gasteiger partial charge in [0.1, 0.15) is 0 Å². The molecule has 0 atom stereocenters. The maximum atomic E-state index is 10.6. The number of aryl methyl sites for hydroxylation is 1. The predicted octanol–water partition coefficient (Wildman–Crippen LogP) is 3.02. The molecule has 2 rings (SSSR count). The quantitative estimate of drug-likeness (QED) is 0.779. The number of H-pyrrole nitrogens is 1. The number of carbonyl (C=O) groups is 1. The van der Waals surface area contributed by atoms with Crippen molar-refractivity contribution in [3.8, 4) is 0 Å². The summed E-state index contributed by atoms with van der Waals surface area (Å²) >= 11 is 0. The van der Waals surface area contributed by atoms with E-state index in [0.717, 1.165) is 16.6 Å². The van der Waals surface area contributed by atoms with Gasteiger partial charge in [0.2, 0.25) is 0 Å². The van der Waals surface area contributed by atoms with E-state index >= 15 is 0 Å². The van der Waals surface area contributed by atoms with Crippen LogP contribution in [0.15, 0.2) is 24.3 Å². The fourth-order valence-electron chi connectivity index (χ4n) is 2.53. The van der Waals surface area contributed by atoms with Gasteiger partial charge in [0.05, 0.1) is 0 Å². The summed E-state index contributed by atoms with van der Waals surface area (Å²) in [5.74, 6) is 0. The number of benzene rings is 1. The molecule has 0 aliphatic carbocycles. The molecule has 4 nitrogen and oxygen atoms in total. The Hall–Kier alpha value is -1.97. The molecule has 0 radical (unpaired) electrons. The molecule has 3 N–H and O–H groups in total. The van der Waals surface area contributed by atoms with Crippen LogP contribution in [0.1, 0.15) is 25.1 Å². The minimum absolute atomic E-state index is 0.248. The van der Waals surface area contributed by atoms with Crippen LogP contribution >= 0.6 is 0 Å². The van der Waals surface area contributed by atoms with Gasteiger partial charge in [-0.15, -0.1) is 0 Å². The molecule has 0 bridgehead atoms. The SMILES string of the molecule is Cc1[nH]c2ccccc2c1C(C)(C)CNC(=O)O. The maximum absolute atomic E-state index is 10.6. The van der Waals surface area contributed by atoms with Gasteiger partial charge in [-0.05, 0) is 18.6 Å². The molecule has 0 saturated heterocycles. The van der Waals surface area contributed by atoms with E-state index in [2.05, 4.69) is 16.4 Å². The number of amides is 1. The van der Waals surface area contributed by atoms with Gasteiger partial charge < -0.3 is 15.4 Å². The molecule has 96 valence electrons. The second-order valence-corrected chi connectivity index (χ2v) is 5.21. The molecular weight excluding hydrogens is 228 g/mol. The molecule has 0 aliphatic heterocycles. The van der Waals surface area contributed by atoms with Gasteiger partial charge in [-0.1, -0.05) is 32.0 Å². The van der Waals surface area contributed by atoms with E-state index in [9.17, 15) is 4.79 Å². The Kier molecular flexibility index (Phi) is 3.03. The largest absolute Gasteiger partial charge is 0.465 e. The van der Waals surface area contributed by atoms with Crippen LogP contribution in [-0.4, -0.2) is 22.7 Å². The molecule has 1 aromatic heterocycles. The number of fused-ring (bicyclic) bond motifs is 1. The van der Waals surface area contributed by atoms with E-state index in [0.29, 0.717) is 6.54 Å². The van der Waals surface area contributed by atoms with Crippen LogP contribution in [0.25, 0.3) is 10.9 Å². The molecule has 1 aromatic carbocycles. The average molecular weight is 246 g/mol. The van der Waals surface area contributed by atoms with Crippen molar-refractivity contribution in [1.82, 2.24) is 10.3 Å². The molecule has 18 heavy (non-hydrogen) atoms. The van der Waals surface area contributed by atoms with Crippen molar-refractivity contribution < 1.29 is 9.90 Å². The van der Waals surface area contributed by atoms with E-state index in [1.807, 2.05) is 39.0 Å². The summed E-state index contributed by atoms with van der Waals surface area (Å²) in [6.07, 6.45) is -0.986. The Morgan fingerprint density at radius 2 is 2.06 bits per heavy atom. The Morgan fingerprint density at radius 1 is 1.39 bits per heavy atom. The number of aromatic nitrogens is 1. The van der Waals surface area contributed by atoms with Crippen LogP contribution in [0.2, 0.25) is 0 Å². The summed E-state index contributed by atoms with van der Waals surface area (Å²) in [7, 11) is 0. The van der Waals surface area contributed by atoms with Crippen LogP contribution in [0.5, 0.6) is 0 Å². The highest BCUT2D eigenvalue weighted by Gasteiger charge is 2.26. The van der Waals surface area contributed by atoms with Gasteiger partial charge in [0.15, 0.2) is 0 Å². The van der Waals surface area contributed by atoms with Crippen molar-refractivity contribution in [3.63, 3.8) is 0 Å². The summed E-state index contributed by atoms with van der Waals surface area (Å²) in [5, 5.41) is 12.4. The van der Waals surface area contributed by atoms with Crippen molar-refractivity contribution in [1.29, 1.82) is 0 Å². The second kappa shape index (κ2) is 4.37. The lowest BCUT2D eigenvalue weighted by Gasteiger charge is -2.25. The molecule has 0 fully saturated rings. The first-order chi connectivity index (χ1) is 8.42. The van der Waals surface area contributed by atoms with Gasteiger partial charge in [-0.3, -0.25) is 0 Å². The molecule has 0 aliphatic rings. The van der Waals surface area contributed by atoms with Gasteiger partial charge in [0, 0.05) is 28.6 Å². The second-order valence-electron chi connectivity index (χ2n) is 5.21. The van der Waals surface area contributed by atoms with Gasteiger partial charge in [0.25, 0.3) is 0 Å². The molecule has 2 aromatic rings. The number of rotatable bonds is 3. The third-order valence-corrected chi connectivity index (χ3v) is 3.25. The zero-order valence-corrected chi connectivity index (χ0v) is 10.9. The lowest BCUT2D eigenvalue weighted by Crippen LogP contribution is -2.36. The third-order valence-electron chi connectivity index (χ3n) is 3.25. The summed E-state index contributed by atoms with van der Waals surface area (Å²) in [5.41, 5.74) is 3.11. The monoisotopic (exact) mass is 246 g/mol. The first-order valence-corrected chi connectivity index (χ1v) is 5.96. The van der Waals surface area contributed by atoms with Crippen LogP contribution in [0.3, 0.4) is 0 Å². The zero-order valence-electron chi connectivity index (χ0n) is 10.9.